The molecule has 12 heavy (non-hydrogen) atoms. The van der Waals surface area contributed by atoms with E-state index in [-0.39, 0.29) is 5.57 Å². The van der Waals surface area contributed by atoms with E-state index in [9.17, 15) is 9.59 Å². The topological polar surface area (TPSA) is 55.4 Å². The summed E-state index contributed by atoms with van der Waals surface area (Å²) in [7, 11) is 0. The van der Waals surface area contributed by atoms with E-state index in [4.69, 9.17) is 0 Å². The van der Waals surface area contributed by atoms with E-state index in [2.05, 4.69) is 11.8 Å². The maximum Gasteiger partial charge on any atom is 0.368 e. The summed E-state index contributed by atoms with van der Waals surface area (Å²) in [5.74, 6) is -1.05. The molecule has 4 heteroatoms. The molecular formula is C8H10NO3. The molecule has 0 spiro atoms. The molecule has 1 radical (unpaired) electrons. The zero-order valence-corrected chi connectivity index (χ0v) is 6.63. The number of carbonyl (C=O) groups excluding carboxylic acids is 2. The lowest BCUT2D eigenvalue weighted by atomic mass is 10.1. The van der Waals surface area contributed by atoms with Crippen molar-refractivity contribution in [2.75, 3.05) is 0 Å². The minimum absolute atomic E-state index is 0.100. The van der Waals surface area contributed by atoms with Crippen molar-refractivity contribution in [3.05, 3.63) is 18.6 Å². The van der Waals surface area contributed by atoms with Crippen LogP contribution in [-0.2, 0) is 14.4 Å². The van der Waals surface area contributed by atoms with Crippen LogP contribution in [0.4, 0.5) is 0 Å². The second-order valence-electron chi connectivity index (χ2n) is 2.43. The molecule has 0 aliphatic carbocycles. The van der Waals surface area contributed by atoms with Crippen molar-refractivity contribution in [3.8, 4) is 0 Å². The predicted octanol–water partition coefficient (Wildman–Crippen LogP) is 0.505. The van der Waals surface area contributed by atoms with Gasteiger partial charge >= 0.3 is 5.97 Å². The van der Waals surface area contributed by atoms with Crippen LogP contribution < -0.4 is 5.48 Å². The number of allylic oxidation sites excluding steroid dienone is 1. The van der Waals surface area contributed by atoms with Crippen molar-refractivity contribution in [1.82, 2.24) is 5.48 Å². The SMILES string of the molecule is [CH2]CCCC=C1C(=O)NOC1=O. The predicted molar refractivity (Wildman–Crippen MR) is 41.5 cm³/mol. The lowest BCUT2D eigenvalue weighted by Gasteiger charge is -1.88. The first-order chi connectivity index (χ1) is 5.75. The van der Waals surface area contributed by atoms with Gasteiger partial charge in [-0.3, -0.25) is 4.79 Å². The van der Waals surface area contributed by atoms with Crippen molar-refractivity contribution in [2.24, 2.45) is 0 Å². The molecule has 4 nitrogen and oxygen atoms in total. The third kappa shape index (κ3) is 1.84. The van der Waals surface area contributed by atoms with Crippen LogP contribution >= 0.6 is 0 Å². The van der Waals surface area contributed by atoms with Gasteiger partial charge in [0.05, 0.1) is 0 Å². The first-order valence-electron chi connectivity index (χ1n) is 3.76. The average molecular weight is 168 g/mol. The highest BCUT2D eigenvalue weighted by Gasteiger charge is 2.27. The molecule has 0 aromatic carbocycles. The second-order valence-corrected chi connectivity index (χ2v) is 2.43. The maximum atomic E-state index is 10.8. The van der Waals surface area contributed by atoms with Crippen LogP contribution in [0.25, 0.3) is 0 Å². The van der Waals surface area contributed by atoms with E-state index in [0.717, 1.165) is 12.8 Å². The Morgan fingerprint density at radius 1 is 1.50 bits per heavy atom. The minimum atomic E-state index is -0.593. The fraction of sp³-hybridized carbons (Fsp3) is 0.375. The van der Waals surface area contributed by atoms with Crippen LogP contribution in [-0.4, -0.2) is 11.9 Å². The van der Waals surface area contributed by atoms with Crippen molar-refractivity contribution >= 4 is 11.9 Å². The third-order valence-corrected chi connectivity index (χ3v) is 1.50. The molecule has 0 unspecified atom stereocenters. The number of hydrogen-bond donors (Lipinski definition) is 1. The Labute approximate surface area is 70.5 Å². The first-order valence-corrected chi connectivity index (χ1v) is 3.76. The van der Waals surface area contributed by atoms with E-state index in [1.165, 1.54) is 0 Å². The van der Waals surface area contributed by atoms with Crippen molar-refractivity contribution < 1.29 is 14.4 Å². The number of hydrogen-bond acceptors (Lipinski definition) is 3. The Morgan fingerprint density at radius 3 is 2.75 bits per heavy atom. The van der Waals surface area contributed by atoms with E-state index in [1.54, 1.807) is 6.08 Å². The quantitative estimate of drug-likeness (QED) is 0.379. The molecule has 1 aliphatic heterocycles. The number of carbonyl (C=O) groups is 2. The highest BCUT2D eigenvalue weighted by atomic mass is 16.7. The monoisotopic (exact) mass is 168 g/mol. The third-order valence-electron chi connectivity index (χ3n) is 1.50. The van der Waals surface area contributed by atoms with Crippen LogP contribution in [0.2, 0.25) is 0 Å². The summed E-state index contributed by atoms with van der Waals surface area (Å²) in [6.45, 7) is 3.64. The molecule has 1 saturated heterocycles. The highest BCUT2D eigenvalue weighted by Crippen LogP contribution is 2.07. The minimum Gasteiger partial charge on any atom is -0.335 e. The van der Waals surface area contributed by atoms with Gasteiger partial charge in [-0.1, -0.05) is 19.4 Å². The number of hydroxylamine groups is 1. The van der Waals surface area contributed by atoms with Gasteiger partial charge in [0, 0.05) is 0 Å². The Morgan fingerprint density at radius 2 is 2.25 bits per heavy atom. The summed E-state index contributed by atoms with van der Waals surface area (Å²) in [5.41, 5.74) is 2.07. The Hall–Kier alpha value is -1.32. The van der Waals surface area contributed by atoms with Crippen LogP contribution in [0.5, 0.6) is 0 Å². The summed E-state index contributed by atoms with van der Waals surface area (Å²) in [4.78, 5) is 25.9. The van der Waals surface area contributed by atoms with Gasteiger partial charge in [0.25, 0.3) is 5.91 Å². The van der Waals surface area contributed by atoms with Gasteiger partial charge in [-0.05, 0) is 12.8 Å². The van der Waals surface area contributed by atoms with Crippen LogP contribution in [0, 0.1) is 6.92 Å². The Kier molecular flexibility index (Phi) is 2.85. The Bertz CT molecular complexity index is 214. The molecule has 0 aromatic heterocycles. The molecule has 1 rings (SSSR count). The molecule has 0 bridgehead atoms. The van der Waals surface area contributed by atoms with Crippen molar-refractivity contribution in [1.29, 1.82) is 0 Å². The second kappa shape index (κ2) is 3.90. The summed E-state index contributed by atoms with van der Waals surface area (Å²) in [5, 5.41) is 0. The van der Waals surface area contributed by atoms with E-state index in [0.29, 0.717) is 6.42 Å². The summed E-state index contributed by atoms with van der Waals surface area (Å²) in [6.07, 6.45) is 3.92. The summed E-state index contributed by atoms with van der Waals surface area (Å²) < 4.78 is 0. The van der Waals surface area contributed by atoms with Gasteiger partial charge in [-0.25, -0.2) is 4.79 Å². The fourth-order valence-corrected chi connectivity index (χ4v) is 0.862. The zero-order valence-electron chi connectivity index (χ0n) is 6.63. The normalized spacial score (nSPS) is 19.6. The fourth-order valence-electron chi connectivity index (χ4n) is 0.862. The molecule has 0 aromatic rings. The molecule has 0 atom stereocenters. The molecule has 1 N–H and O–H groups in total. The Balaban J connectivity index is 2.53. The average Bonchev–Trinajstić information content (AvgIpc) is 2.35. The van der Waals surface area contributed by atoms with Gasteiger partial charge in [-0.2, -0.15) is 5.48 Å². The van der Waals surface area contributed by atoms with Crippen molar-refractivity contribution in [3.63, 3.8) is 0 Å². The number of amides is 1. The summed E-state index contributed by atoms with van der Waals surface area (Å²) in [6, 6.07) is 0. The smallest absolute Gasteiger partial charge is 0.335 e. The van der Waals surface area contributed by atoms with Crippen LogP contribution in [0.1, 0.15) is 19.3 Å². The van der Waals surface area contributed by atoms with Gasteiger partial charge in [-0.15, -0.1) is 0 Å². The van der Waals surface area contributed by atoms with Crippen molar-refractivity contribution in [2.45, 2.75) is 19.3 Å². The first kappa shape index (κ1) is 8.77. The lowest BCUT2D eigenvalue weighted by Crippen LogP contribution is -2.12. The molecule has 0 saturated carbocycles. The van der Waals surface area contributed by atoms with Gasteiger partial charge in [0.1, 0.15) is 5.57 Å². The van der Waals surface area contributed by atoms with Gasteiger partial charge in [0.2, 0.25) is 0 Å². The molecule has 1 heterocycles. The standard InChI is InChI=1S/C8H10NO3/c1-2-3-4-5-6-7(10)9-12-8(6)11/h5H,1-4H2,(H,9,10). The van der Waals surface area contributed by atoms with Gasteiger partial charge in [0.15, 0.2) is 0 Å². The van der Waals surface area contributed by atoms with Crippen LogP contribution in [0.3, 0.4) is 0 Å². The van der Waals surface area contributed by atoms with E-state index < -0.39 is 11.9 Å². The van der Waals surface area contributed by atoms with Gasteiger partial charge < -0.3 is 4.84 Å². The lowest BCUT2D eigenvalue weighted by molar-refractivity contribution is -0.143. The summed E-state index contributed by atoms with van der Waals surface area (Å²) >= 11 is 0. The number of rotatable bonds is 3. The maximum absolute atomic E-state index is 10.8. The van der Waals surface area contributed by atoms with Crippen LogP contribution in [0.15, 0.2) is 11.6 Å². The molecular weight excluding hydrogens is 158 g/mol. The molecule has 1 amide bonds. The van der Waals surface area contributed by atoms with E-state index >= 15 is 0 Å². The molecule has 1 fully saturated rings. The highest BCUT2D eigenvalue weighted by molar-refractivity contribution is 6.19. The van der Waals surface area contributed by atoms with E-state index in [1.807, 2.05) is 5.48 Å². The largest absolute Gasteiger partial charge is 0.368 e. The zero-order chi connectivity index (χ0) is 8.97. The molecule has 1 aliphatic rings. The number of unbranched alkanes of at least 4 members (excludes halogenated alkanes) is 2. The number of nitrogens with one attached hydrogen (secondary N) is 1. The molecule has 65 valence electrons.